The van der Waals surface area contributed by atoms with E-state index in [-0.39, 0.29) is 30.4 Å². The van der Waals surface area contributed by atoms with Gasteiger partial charge in [0.2, 0.25) is 0 Å². The minimum atomic E-state index is -0.0132. The molecule has 2 heterocycles. The van der Waals surface area contributed by atoms with Crippen LogP contribution in [0.3, 0.4) is 0 Å². The number of nitrogens with zero attached hydrogens (tertiary/aromatic N) is 3. The Hall–Kier alpha value is -1.37. The van der Waals surface area contributed by atoms with Crippen molar-refractivity contribution in [1.82, 2.24) is 14.7 Å². The molecule has 130 valence electrons. The average Bonchev–Trinajstić information content (AvgIpc) is 3.04. The first-order chi connectivity index (χ1) is 11.1. The molecule has 7 heteroatoms. The lowest BCUT2D eigenvalue weighted by molar-refractivity contribution is 0.0584. The molecule has 1 amide bonds. The lowest BCUT2D eigenvalue weighted by atomic mass is 9.96. The number of amides is 1. The Labute approximate surface area is 156 Å². The predicted molar refractivity (Wildman–Crippen MR) is 101 cm³/mol. The van der Waals surface area contributed by atoms with E-state index in [1.54, 1.807) is 17.1 Å². The number of piperidine rings is 1. The quantitative estimate of drug-likeness (QED) is 0.839. The second-order valence-electron chi connectivity index (χ2n) is 6.07. The first kappa shape index (κ1) is 19.0. The Bertz CT molecular complexity index is 686. The van der Waals surface area contributed by atoms with Crippen LogP contribution in [0.1, 0.15) is 36.5 Å². The third-order valence-electron chi connectivity index (χ3n) is 4.34. The van der Waals surface area contributed by atoms with Gasteiger partial charge in [-0.1, -0.05) is 15.9 Å². The van der Waals surface area contributed by atoms with Crippen LogP contribution < -0.4 is 5.73 Å². The summed E-state index contributed by atoms with van der Waals surface area (Å²) in [4.78, 5) is 14.7. The Morgan fingerprint density at radius 3 is 2.71 bits per heavy atom. The molecule has 2 N–H and O–H groups in total. The van der Waals surface area contributed by atoms with Crippen molar-refractivity contribution in [1.29, 1.82) is 0 Å². The van der Waals surface area contributed by atoms with Crippen molar-refractivity contribution < 1.29 is 4.79 Å². The van der Waals surface area contributed by atoms with Crippen LogP contribution in [0.5, 0.6) is 0 Å². The van der Waals surface area contributed by atoms with Gasteiger partial charge in [-0.15, -0.1) is 12.4 Å². The van der Waals surface area contributed by atoms with E-state index in [1.165, 1.54) is 0 Å². The minimum Gasteiger partial charge on any atom is -0.334 e. The van der Waals surface area contributed by atoms with Gasteiger partial charge < -0.3 is 10.6 Å². The van der Waals surface area contributed by atoms with Crippen LogP contribution in [0.15, 0.2) is 41.1 Å². The third-order valence-corrected chi connectivity index (χ3v) is 4.87. The molecule has 2 aromatic rings. The highest BCUT2D eigenvalue weighted by Crippen LogP contribution is 2.22. The van der Waals surface area contributed by atoms with Crippen molar-refractivity contribution in [2.45, 2.75) is 38.3 Å². The SMILES string of the molecule is CC(N)C1CCCCN1C(=O)c1cnn(-c2ccc(Br)cc2)c1.Cl. The summed E-state index contributed by atoms with van der Waals surface area (Å²) in [5, 5.41) is 4.32. The summed E-state index contributed by atoms with van der Waals surface area (Å²) in [6.45, 7) is 2.75. The Morgan fingerprint density at radius 2 is 2.04 bits per heavy atom. The standard InChI is InChI=1S/C17H21BrN4O.ClH/c1-12(19)16-4-2-3-9-21(16)17(23)13-10-20-22(11-13)15-7-5-14(18)6-8-15;/h5-8,10-12,16H,2-4,9,19H2,1H3;1H. The van der Waals surface area contributed by atoms with Gasteiger partial charge in [0.1, 0.15) is 0 Å². The fraction of sp³-hybridized carbons (Fsp3) is 0.412. The predicted octanol–water partition coefficient (Wildman–Crippen LogP) is 3.40. The number of benzene rings is 1. The molecule has 1 aliphatic rings. The zero-order valence-corrected chi connectivity index (χ0v) is 16.0. The molecule has 1 aromatic carbocycles. The molecule has 1 aliphatic heterocycles. The average molecular weight is 414 g/mol. The van der Waals surface area contributed by atoms with Crippen LogP contribution in [0.25, 0.3) is 5.69 Å². The van der Waals surface area contributed by atoms with E-state index < -0.39 is 0 Å². The van der Waals surface area contributed by atoms with E-state index in [1.807, 2.05) is 36.1 Å². The summed E-state index contributed by atoms with van der Waals surface area (Å²) in [7, 11) is 0. The summed E-state index contributed by atoms with van der Waals surface area (Å²) in [6, 6.07) is 7.92. The Kier molecular flexibility index (Phi) is 6.43. The van der Waals surface area contributed by atoms with Gasteiger partial charge in [-0.05, 0) is 50.5 Å². The number of carbonyl (C=O) groups excluding carboxylic acids is 1. The van der Waals surface area contributed by atoms with E-state index in [9.17, 15) is 4.79 Å². The molecule has 0 radical (unpaired) electrons. The fourth-order valence-electron chi connectivity index (χ4n) is 3.09. The highest BCUT2D eigenvalue weighted by molar-refractivity contribution is 9.10. The van der Waals surface area contributed by atoms with Crippen molar-refractivity contribution in [2.24, 2.45) is 5.73 Å². The summed E-state index contributed by atoms with van der Waals surface area (Å²) in [5.74, 6) is 0.0235. The van der Waals surface area contributed by atoms with E-state index in [0.717, 1.165) is 36.0 Å². The van der Waals surface area contributed by atoms with Crippen LogP contribution in [0.4, 0.5) is 0 Å². The number of halogens is 2. The van der Waals surface area contributed by atoms with Gasteiger partial charge >= 0.3 is 0 Å². The highest BCUT2D eigenvalue weighted by Gasteiger charge is 2.30. The van der Waals surface area contributed by atoms with E-state index >= 15 is 0 Å². The molecule has 1 saturated heterocycles. The zero-order valence-electron chi connectivity index (χ0n) is 13.6. The van der Waals surface area contributed by atoms with Gasteiger partial charge in [0.05, 0.1) is 17.4 Å². The second kappa shape index (κ2) is 8.14. The lowest BCUT2D eigenvalue weighted by Crippen LogP contribution is -2.51. The maximum atomic E-state index is 12.8. The number of carbonyl (C=O) groups is 1. The molecule has 2 atom stereocenters. The number of aromatic nitrogens is 2. The van der Waals surface area contributed by atoms with E-state index in [2.05, 4.69) is 21.0 Å². The van der Waals surface area contributed by atoms with Crippen LogP contribution in [-0.4, -0.2) is 39.2 Å². The van der Waals surface area contributed by atoms with Gasteiger partial charge in [0, 0.05) is 29.3 Å². The molecule has 0 bridgehead atoms. The summed E-state index contributed by atoms with van der Waals surface area (Å²) >= 11 is 3.42. The smallest absolute Gasteiger partial charge is 0.257 e. The van der Waals surface area contributed by atoms with E-state index in [0.29, 0.717) is 5.56 Å². The van der Waals surface area contributed by atoms with Crippen LogP contribution >= 0.6 is 28.3 Å². The molecule has 5 nitrogen and oxygen atoms in total. The maximum absolute atomic E-state index is 12.8. The topological polar surface area (TPSA) is 64.2 Å². The van der Waals surface area contributed by atoms with Gasteiger partial charge in [0.25, 0.3) is 5.91 Å². The maximum Gasteiger partial charge on any atom is 0.257 e. The molecule has 24 heavy (non-hydrogen) atoms. The molecule has 1 fully saturated rings. The van der Waals surface area contributed by atoms with Crippen LogP contribution in [0.2, 0.25) is 0 Å². The largest absolute Gasteiger partial charge is 0.334 e. The summed E-state index contributed by atoms with van der Waals surface area (Å²) in [5.41, 5.74) is 7.60. The van der Waals surface area contributed by atoms with Gasteiger partial charge in [-0.2, -0.15) is 5.10 Å². The van der Waals surface area contributed by atoms with Crippen molar-refractivity contribution in [3.63, 3.8) is 0 Å². The van der Waals surface area contributed by atoms with Crippen LogP contribution in [0, 0.1) is 0 Å². The molecule has 0 spiro atoms. The van der Waals surface area contributed by atoms with Crippen LogP contribution in [-0.2, 0) is 0 Å². The lowest BCUT2D eigenvalue weighted by Gasteiger charge is -2.37. The second-order valence-corrected chi connectivity index (χ2v) is 6.99. The summed E-state index contributed by atoms with van der Waals surface area (Å²) in [6.07, 6.45) is 6.57. The molecule has 0 saturated carbocycles. The molecular formula is C17H22BrClN4O. The number of hydrogen-bond acceptors (Lipinski definition) is 3. The number of hydrogen-bond donors (Lipinski definition) is 1. The highest BCUT2D eigenvalue weighted by atomic mass is 79.9. The minimum absolute atomic E-state index is 0. The molecular weight excluding hydrogens is 392 g/mol. The monoisotopic (exact) mass is 412 g/mol. The molecule has 1 aromatic heterocycles. The number of rotatable bonds is 3. The van der Waals surface area contributed by atoms with Crippen molar-refractivity contribution in [3.8, 4) is 5.69 Å². The third kappa shape index (κ3) is 3.99. The fourth-order valence-corrected chi connectivity index (χ4v) is 3.35. The Morgan fingerprint density at radius 1 is 1.33 bits per heavy atom. The Balaban J connectivity index is 0.00000208. The first-order valence-corrected chi connectivity index (χ1v) is 8.73. The van der Waals surface area contributed by atoms with Crippen molar-refractivity contribution in [3.05, 3.63) is 46.7 Å². The normalized spacial score (nSPS) is 18.8. The van der Waals surface area contributed by atoms with Crippen molar-refractivity contribution in [2.75, 3.05) is 6.54 Å². The first-order valence-electron chi connectivity index (χ1n) is 7.93. The molecule has 3 rings (SSSR count). The molecule has 2 unspecified atom stereocenters. The number of likely N-dealkylation sites (tertiary alicyclic amines) is 1. The van der Waals surface area contributed by atoms with E-state index in [4.69, 9.17) is 5.73 Å². The van der Waals surface area contributed by atoms with Gasteiger partial charge in [-0.25, -0.2) is 4.68 Å². The van der Waals surface area contributed by atoms with Crippen molar-refractivity contribution >= 4 is 34.2 Å². The molecule has 0 aliphatic carbocycles. The van der Waals surface area contributed by atoms with Gasteiger partial charge in [-0.3, -0.25) is 4.79 Å². The summed E-state index contributed by atoms with van der Waals surface area (Å²) < 4.78 is 2.74. The number of nitrogens with two attached hydrogens (primary N) is 1. The zero-order chi connectivity index (χ0) is 16.4. The van der Waals surface area contributed by atoms with Gasteiger partial charge in [0.15, 0.2) is 0 Å².